The molecule has 3 rings (SSSR count). The van der Waals surface area contributed by atoms with Gasteiger partial charge in [0, 0.05) is 13.1 Å². The van der Waals surface area contributed by atoms with E-state index in [-0.39, 0.29) is 0 Å². The third kappa shape index (κ3) is 4.98. The molecule has 2 aromatic carbocycles. The van der Waals surface area contributed by atoms with Gasteiger partial charge in [-0.15, -0.1) is 0 Å². The smallest absolute Gasteiger partial charge is 0.127 e. The molecule has 1 saturated heterocycles. The fraction of sp³-hybridized carbons (Fsp3) is 0.400. The molecule has 0 bridgehead atoms. The molecule has 0 amide bonds. The van der Waals surface area contributed by atoms with Crippen LogP contribution in [0.15, 0.2) is 48.5 Å². The second-order valence-corrected chi connectivity index (χ2v) is 5.98. The lowest BCUT2D eigenvalue weighted by atomic mass is 10.1. The van der Waals surface area contributed by atoms with Crippen molar-refractivity contribution < 1.29 is 14.2 Å². The predicted molar refractivity (Wildman–Crippen MR) is 95.1 cm³/mol. The van der Waals surface area contributed by atoms with E-state index in [1.165, 1.54) is 5.56 Å². The molecular weight excluding hydrogens is 302 g/mol. The fourth-order valence-electron chi connectivity index (χ4n) is 2.88. The Labute approximate surface area is 144 Å². The van der Waals surface area contributed by atoms with Crippen LogP contribution in [0.2, 0.25) is 0 Å². The summed E-state index contributed by atoms with van der Waals surface area (Å²) in [6.45, 7) is 4.98. The van der Waals surface area contributed by atoms with Crippen molar-refractivity contribution in [3.05, 3.63) is 54.1 Å². The van der Waals surface area contributed by atoms with Crippen molar-refractivity contribution in [3.63, 3.8) is 0 Å². The summed E-state index contributed by atoms with van der Waals surface area (Å²) in [5.74, 6) is 2.53. The Hall–Kier alpha value is -2.04. The maximum atomic E-state index is 5.93. The second-order valence-electron chi connectivity index (χ2n) is 5.98. The predicted octanol–water partition coefficient (Wildman–Crippen LogP) is 3.75. The minimum absolute atomic E-state index is 0.821. The Bertz CT molecular complexity index is 621. The molecule has 1 fully saturated rings. The number of nitrogens with zero attached hydrogens (tertiary/aromatic N) is 1. The van der Waals surface area contributed by atoms with Crippen LogP contribution in [0.3, 0.4) is 0 Å². The van der Waals surface area contributed by atoms with Gasteiger partial charge in [-0.05, 0) is 61.3 Å². The zero-order valence-corrected chi connectivity index (χ0v) is 14.2. The highest BCUT2D eigenvalue weighted by Crippen LogP contribution is 2.24. The Morgan fingerprint density at radius 2 is 1.71 bits per heavy atom. The Balaban J connectivity index is 1.51. The van der Waals surface area contributed by atoms with Gasteiger partial charge in [-0.2, -0.15) is 0 Å². The normalized spacial score (nSPS) is 15.2. The van der Waals surface area contributed by atoms with E-state index >= 15 is 0 Å². The number of rotatable bonds is 7. The highest BCUT2D eigenvalue weighted by Gasteiger charge is 2.09. The van der Waals surface area contributed by atoms with Crippen molar-refractivity contribution in [1.29, 1.82) is 0 Å². The van der Waals surface area contributed by atoms with Gasteiger partial charge in [0.05, 0.1) is 20.3 Å². The minimum Gasteiger partial charge on any atom is -0.497 e. The molecule has 0 aliphatic carbocycles. The summed E-state index contributed by atoms with van der Waals surface area (Å²) in [6, 6.07) is 16.0. The number of ether oxygens (including phenoxy) is 3. The van der Waals surface area contributed by atoms with Gasteiger partial charge in [0.2, 0.25) is 0 Å². The zero-order valence-electron chi connectivity index (χ0n) is 14.2. The maximum absolute atomic E-state index is 5.93. The molecule has 1 heterocycles. The Morgan fingerprint density at radius 3 is 2.46 bits per heavy atom. The van der Waals surface area contributed by atoms with Gasteiger partial charge in [0.15, 0.2) is 0 Å². The number of benzene rings is 2. The molecule has 0 unspecified atom stereocenters. The quantitative estimate of drug-likeness (QED) is 0.775. The summed E-state index contributed by atoms with van der Waals surface area (Å²) >= 11 is 0. The second kappa shape index (κ2) is 8.71. The van der Waals surface area contributed by atoms with Crippen LogP contribution in [0.25, 0.3) is 0 Å². The number of methoxy groups -OCH3 is 1. The van der Waals surface area contributed by atoms with Gasteiger partial charge in [0.1, 0.15) is 17.2 Å². The van der Waals surface area contributed by atoms with E-state index in [1.54, 1.807) is 7.11 Å². The summed E-state index contributed by atoms with van der Waals surface area (Å²) in [5.41, 5.74) is 1.31. The van der Waals surface area contributed by atoms with Gasteiger partial charge in [-0.25, -0.2) is 0 Å². The molecule has 0 atom stereocenters. The third-order valence-corrected chi connectivity index (χ3v) is 4.24. The first-order valence-corrected chi connectivity index (χ1v) is 8.54. The van der Waals surface area contributed by atoms with E-state index < -0.39 is 0 Å². The summed E-state index contributed by atoms with van der Waals surface area (Å²) in [5, 5.41) is 0. The van der Waals surface area contributed by atoms with Crippen LogP contribution >= 0.6 is 0 Å². The Morgan fingerprint density at radius 1 is 0.958 bits per heavy atom. The first kappa shape index (κ1) is 16.8. The van der Waals surface area contributed by atoms with Crippen molar-refractivity contribution in [2.75, 3.05) is 40.0 Å². The lowest BCUT2D eigenvalue weighted by molar-refractivity contribution is 0.0375. The van der Waals surface area contributed by atoms with Gasteiger partial charge in [0.25, 0.3) is 0 Å². The molecule has 2 aromatic rings. The number of hydrogen-bond donors (Lipinski definition) is 0. The van der Waals surface area contributed by atoms with Crippen molar-refractivity contribution in [1.82, 2.24) is 4.90 Å². The molecule has 4 heteroatoms. The lowest BCUT2D eigenvalue weighted by Crippen LogP contribution is -2.36. The van der Waals surface area contributed by atoms with Gasteiger partial charge in [-0.3, -0.25) is 4.90 Å². The molecule has 0 spiro atoms. The molecule has 0 aromatic heterocycles. The van der Waals surface area contributed by atoms with Crippen molar-refractivity contribution in [2.45, 2.75) is 12.8 Å². The SMILES string of the molecule is COc1ccc(Oc2cccc(CCCN3CCOCC3)c2)cc1. The van der Waals surface area contributed by atoms with E-state index in [9.17, 15) is 0 Å². The van der Waals surface area contributed by atoms with Crippen LogP contribution in [0, 0.1) is 0 Å². The molecule has 24 heavy (non-hydrogen) atoms. The largest absolute Gasteiger partial charge is 0.497 e. The van der Waals surface area contributed by atoms with Crippen LogP contribution in [0.5, 0.6) is 17.2 Å². The van der Waals surface area contributed by atoms with Gasteiger partial charge >= 0.3 is 0 Å². The highest BCUT2D eigenvalue weighted by atomic mass is 16.5. The first-order chi connectivity index (χ1) is 11.8. The summed E-state index contributed by atoms with van der Waals surface area (Å²) in [6.07, 6.45) is 2.23. The summed E-state index contributed by atoms with van der Waals surface area (Å²) in [4.78, 5) is 2.47. The molecule has 128 valence electrons. The average Bonchev–Trinajstić information content (AvgIpc) is 2.64. The van der Waals surface area contributed by atoms with Crippen molar-refractivity contribution in [2.24, 2.45) is 0 Å². The number of aryl methyl sites for hydroxylation is 1. The third-order valence-electron chi connectivity index (χ3n) is 4.24. The highest BCUT2D eigenvalue weighted by molar-refractivity contribution is 5.36. The standard InChI is InChI=1S/C20H25NO3/c1-22-18-7-9-19(10-8-18)24-20-6-2-4-17(16-20)5-3-11-21-12-14-23-15-13-21/h2,4,6-10,16H,3,5,11-15H2,1H3. The first-order valence-electron chi connectivity index (χ1n) is 8.54. The molecular formula is C20H25NO3. The summed E-state index contributed by atoms with van der Waals surface area (Å²) in [7, 11) is 1.66. The number of morpholine rings is 1. The fourth-order valence-corrected chi connectivity index (χ4v) is 2.88. The number of hydrogen-bond acceptors (Lipinski definition) is 4. The van der Waals surface area contributed by atoms with Crippen LogP contribution < -0.4 is 9.47 Å². The van der Waals surface area contributed by atoms with Crippen LogP contribution in [-0.2, 0) is 11.2 Å². The van der Waals surface area contributed by atoms with Gasteiger partial charge in [-0.1, -0.05) is 12.1 Å². The van der Waals surface area contributed by atoms with Gasteiger partial charge < -0.3 is 14.2 Å². The topological polar surface area (TPSA) is 30.9 Å². The average molecular weight is 327 g/mol. The molecule has 0 N–H and O–H groups in total. The van der Waals surface area contributed by atoms with Crippen molar-refractivity contribution in [3.8, 4) is 17.2 Å². The Kier molecular flexibility index (Phi) is 6.10. The lowest BCUT2D eigenvalue weighted by Gasteiger charge is -2.26. The van der Waals surface area contributed by atoms with Crippen LogP contribution in [-0.4, -0.2) is 44.9 Å². The molecule has 0 saturated carbocycles. The monoisotopic (exact) mass is 327 g/mol. The molecule has 1 aliphatic rings. The van der Waals surface area contributed by atoms with Crippen molar-refractivity contribution >= 4 is 0 Å². The maximum Gasteiger partial charge on any atom is 0.127 e. The van der Waals surface area contributed by atoms with Crippen LogP contribution in [0.4, 0.5) is 0 Å². The zero-order chi connectivity index (χ0) is 16.6. The summed E-state index contributed by atoms with van der Waals surface area (Å²) < 4.78 is 16.5. The van der Waals surface area contributed by atoms with E-state index in [4.69, 9.17) is 14.2 Å². The van der Waals surface area contributed by atoms with E-state index in [0.29, 0.717) is 0 Å². The van der Waals surface area contributed by atoms with E-state index in [2.05, 4.69) is 23.1 Å². The molecule has 0 radical (unpaired) electrons. The minimum atomic E-state index is 0.821. The molecule has 1 aliphatic heterocycles. The van der Waals surface area contributed by atoms with E-state index in [0.717, 1.165) is 62.9 Å². The van der Waals surface area contributed by atoms with Crippen LogP contribution in [0.1, 0.15) is 12.0 Å². The van der Waals surface area contributed by atoms with E-state index in [1.807, 2.05) is 30.3 Å². The molecule has 4 nitrogen and oxygen atoms in total.